The predicted molar refractivity (Wildman–Crippen MR) is 65.7 cm³/mol. The molecule has 3 nitrogen and oxygen atoms in total. The van der Waals surface area contributed by atoms with Crippen LogP contribution in [0.4, 0.5) is 0 Å². The van der Waals surface area contributed by atoms with E-state index < -0.39 is 5.41 Å². The van der Waals surface area contributed by atoms with Crippen molar-refractivity contribution in [3.8, 4) is 6.07 Å². The highest BCUT2D eigenvalue weighted by Gasteiger charge is 2.36. The smallest absolute Gasteiger partial charge is 0.240 e. The highest BCUT2D eigenvalue weighted by Crippen LogP contribution is 2.29. The normalized spacial score (nSPS) is 10.6. The topological polar surface area (TPSA) is 52.9 Å². The van der Waals surface area contributed by atoms with E-state index in [1.165, 1.54) is 0 Å². The summed E-state index contributed by atoms with van der Waals surface area (Å²) in [6.45, 7) is 8.16. The molecular weight excluding hydrogens is 200 g/mol. The first-order valence-corrected chi connectivity index (χ1v) is 5.97. The Bertz CT molecular complexity index is 260. The van der Waals surface area contributed by atoms with Gasteiger partial charge in [-0.3, -0.25) is 4.79 Å². The molecule has 0 fully saturated rings. The standard InChI is InChI=1S/C13H22N2O/c1-4-7-10-15-12(16)13(11-14,8-5-2)9-6-3/h4H,1,5-10H2,2-3H3,(H,15,16). The van der Waals surface area contributed by atoms with Gasteiger partial charge in [-0.05, 0) is 19.3 Å². The molecule has 0 aliphatic rings. The number of rotatable bonds is 8. The molecule has 1 amide bonds. The summed E-state index contributed by atoms with van der Waals surface area (Å²) in [5.41, 5.74) is -0.829. The Hall–Kier alpha value is -1.30. The molecule has 0 radical (unpaired) electrons. The van der Waals surface area contributed by atoms with Gasteiger partial charge in [0.2, 0.25) is 5.91 Å². The lowest BCUT2D eigenvalue weighted by molar-refractivity contribution is -0.128. The second kappa shape index (κ2) is 7.92. The Labute approximate surface area is 98.5 Å². The average Bonchev–Trinajstić information content (AvgIpc) is 2.28. The molecule has 0 unspecified atom stereocenters. The highest BCUT2D eigenvalue weighted by atomic mass is 16.2. The fourth-order valence-electron chi connectivity index (χ4n) is 1.83. The van der Waals surface area contributed by atoms with Crippen LogP contribution in [0.25, 0.3) is 0 Å². The van der Waals surface area contributed by atoms with Crippen molar-refractivity contribution in [1.29, 1.82) is 5.26 Å². The maximum Gasteiger partial charge on any atom is 0.240 e. The minimum Gasteiger partial charge on any atom is -0.354 e. The van der Waals surface area contributed by atoms with Crippen molar-refractivity contribution in [2.24, 2.45) is 5.41 Å². The van der Waals surface area contributed by atoms with Crippen molar-refractivity contribution >= 4 is 5.91 Å². The van der Waals surface area contributed by atoms with Crippen LogP contribution in [-0.2, 0) is 4.79 Å². The zero-order valence-corrected chi connectivity index (χ0v) is 10.4. The number of hydrogen-bond donors (Lipinski definition) is 1. The SMILES string of the molecule is C=CCCNC(=O)C(C#N)(CCC)CCC. The Morgan fingerprint density at radius 1 is 1.44 bits per heavy atom. The number of carbonyl (C=O) groups is 1. The van der Waals surface area contributed by atoms with E-state index in [9.17, 15) is 10.1 Å². The first kappa shape index (κ1) is 14.7. The third-order valence-electron chi connectivity index (χ3n) is 2.64. The van der Waals surface area contributed by atoms with Crippen LogP contribution in [-0.4, -0.2) is 12.5 Å². The lowest BCUT2D eigenvalue weighted by Gasteiger charge is -2.24. The van der Waals surface area contributed by atoms with Crippen LogP contribution in [0, 0.1) is 16.7 Å². The zero-order valence-electron chi connectivity index (χ0n) is 10.4. The van der Waals surface area contributed by atoms with Crippen LogP contribution in [0.15, 0.2) is 12.7 Å². The van der Waals surface area contributed by atoms with Crippen LogP contribution in [0.3, 0.4) is 0 Å². The summed E-state index contributed by atoms with van der Waals surface area (Å²) in [5, 5.41) is 12.0. The van der Waals surface area contributed by atoms with Gasteiger partial charge < -0.3 is 5.32 Å². The van der Waals surface area contributed by atoms with Gasteiger partial charge in [0.1, 0.15) is 5.41 Å². The van der Waals surface area contributed by atoms with E-state index in [0.29, 0.717) is 19.4 Å². The summed E-state index contributed by atoms with van der Waals surface area (Å²) in [6, 6.07) is 2.21. The monoisotopic (exact) mass is 222 g/mol. The van der Waals surface area contributed by atoms with Gasteiger partial charge in [-0.1, -0.05) is 32.8 Å². The van der Waals surface area contributed by atoms with E-state index in [1.54, 1.807) is 6.08 Å². The lowest BCUT2D eigenvalue weighted by Crippen LogP contribution is -2.40. The zero-order chi connectivity index (χ0) is 12.4. The Kier molecular flexibility index (Phi) is 7.28. The van der Waals surface area contributed by atoms with Crippen LogP contribution in [0.1, 0.15) is 46.0 Å². The molecule has 0 saturated heterocycles. The van der Waals surface area contributed by atoms with Gasteiger partial charge in [0.15, 0.2) is 0 Å². The average molecular weight is 222 g/mol. The number of carbonyl (C=O) groups excluding carboxylic acids is 1. The third kappa shape index (κ3) is 4.06. The molecule has 0 heterocycles. The maximum atomic E-state index is 12.0. The molecule has 0 aromatic carbocycles. The predicted octanol–water partition coefficient (Wildman–Crippen LogP) is 2.79. The maximum absolute atomic E-state index is 12.0. The molecule has 0 saturated carbocycles. The van der Waals surface area contributed by atoms with Crippen LogP contribution < -0.4 is 5.32 Å². The van der Waals surface area contributed by atoms with Crippen LogP contribution >= 0.6 is 0 Å². The molecule has 0 aliphatic heterocycles. The van der Waals surface area contributed by atoms with E-state index in [-0.39, 0.29) is 5.91 Å². The van der Waals surface area contributed by atoms with Gasteiger partial charge in [0, 0.05) is 6.54 Å². The molecule has 0 spiro atoms. The number of nitrogens with one attached hydrogen (secondary N) is 1. The van der Waals surface area contributed by atoms with Crippen LogP contribution in [0.5, 0.6) is 0 Å². The molecule has 1 N–H and O–H groups in total. The van der Waals surface area contributed by atoms with Gasteiger partial charge >= 0.3 is 0 Å². The van der Waals surface area contributed by atoms with E-state index in [0.717, 1.165) is 19.3 Å². The Balaban J connectivity index is 4.54. The molecule has 0 aliphatic carbocycles. The number of amides is 1. The Morgan fingerprint density at radius 3 is 2.38 bits per heavy atom. The summed E-state index contributed by atoms with van der Waals surface area (Å²) >= 11 is 0. The fraction of sp³-hybridized carbons (Fsp3) is 0.692. The van der Waals surface area contributed by atoms with E-state index in [4.69, 9.17) is 0 Å². The summed E-state index contributed by atoms with van der Waals surface area (Å²) < 4.78 is 0. The number of nitrogens with zero attached hydrogens (tertiary/aromatic N) is 1. The molecule has 0 rings (SSSR count). The van der Waals surface area contributed by atoms with Crippen molar-refractivity contribution in [2.45, 2.75) is 46.0 Å². The fourth-order valence-corrected chi connectivity index (χ4v) is 1.83. The van der Waals surface area contributed by atoms with Crippen molar-refractivity contribution in [3.63, 3.8) is 0 Å². The Morgan fingerprint density at radius 2 is 2.00 bits per heavy atom. The summed E-state index contributed by atoms with van der Waals surface area (Å²) in [4.78, 5) is 12.0. The molecule has 0 aromatic rings. The molecule has 3 heteroatoms. The summed E-state index contributed by atoms with van der Waals surface area (Å²) in [5.74, 6) is -0.124. The van der Waals surface area contributed by atoms with Crippen molar-refractivity contribution in [2.75, 3.05) is 6.54 Å². The highest BCUT2D eigenvalue weighted by molar-refractivity contribution is 5.85. The first-order valence-electron chi connectivity index (χ1n) is 5.97. The molecule has 16 heavy (non-hydrogen) atoms. The molecule has 0 atom stereocenters. The van der Waals surface area contributed by atoms with Gasteiger partial charge in [0.25, 0.3) is 0 Å². The van der Waals surface area contributed by atoms with E-state index in [2.05, 4.69) is 18.0 Å². The molecule has 90 valence electrons. The molecule has 0 bridgehead atoms. The van der Waals surface area contributed by atoms with E-state index in [1.807, 2.05) is 13.8 Å². The molecule has 0 aromatic heterocycles. The summed E-state index contributed by atoms with van der Waals surface area (Å²) in [6.07, 6.45) is 5.47. The van der Waals surface area contributed by atoms with Gasteiger partial charge in [0.05, 0.1) is 6.07 Å². The summed E-state index contributed by atoms with van der Waals surface area (Å²) in [7, 11) is 0. The van der Waals surface area contributed by atoms with Gasteiger partial charge in [-0.25, -0.2) is 0 Å². The van der Waals surface area contributed by atoms with Crippen LogP contribution in [0.2, 0.25) is 0 Å². The van der Waals surface area contributed by atoms with E-state index >= 15 is 0 Å². The van der Waals surface area contributed by atoms with Gasteiger partial charge in [-0.15, -0.1) is 6.58 Å². The van der Waals surface area contributed by atoms with Crippen molar-refractivity contribution in [1.82, 2.24) is 5.32 Å². The number of hydrogen-bond acceptors (Lipinski definition) is 2. The van der Waals surface area contributed by atoms with Crippen molar-refractivity contribution in [3.05, 3.63) is 12.7 Å². The minimum absolute atomic E-state index is 0.124. The van der Waals surface area contributed by atoms with Gasteiger partial charge in [-0.2, -0.15) is 5.26 Å². The lowest BCUT2D eigenvalue weighted by atomic mass is 9.80. The second-order valence-corrected chi connectivity index (χ2v) is 4.03. The first-order chi connectivity index (χ1) is 7.66. The largest absolute Gasteiger partial charge is 0.354 e. The number of nitriles is 1. The second-order valence-electron chi connectivity index (χ2n) is 4.03. The third-order valence-corrected chi connectivity index (χ3v) is 2.64. The van der Waals surface area contributed by atoms with Crippen molar-refractivity contribution < 1.29 is 4.79 Å². The molecular formula is C13H22N2O. The minimum atomic E-state index is -0.829. The quantitative estimate of drug-likeness (QED) is 0.507.